The molecule has 1 aromatic carbocycles. The molecule has 5 heteroatoms. The molecule has 2 aliphatic carbocycles. The molecule has 0 heterocycles. The minimum Gasteiger partial charge on any atom is -0.494 e. The molecule has 0 bridgehead atoms. The van der Waals surface area contributed by atoms with Gasteiger partial charge in [-0.2, -0.15) is 0 Å². The number of esters is 2. The van der Waals surface area contributed by atoms with Crippen LogP contribution in [0.2, 0.25) is 0 Å². The Kier molecular flexibility index (Phi) is 11.0. The van der Waals surface area contributed by atoms with Crippen molar-refractivity contribution >= 4 is 11.9 Å². The number of carbonyl (C=O) groups is 2. The summed E-state index contributed by atoms with van der Waals surface area (Å²) in [6.45, 7) is 4.75. The van der Waals surface area contributed by atoms with Crippen molar-refractivity contribution in [3.05, 3.63) is 36.4 Å². The van der Waals surface area contributed by atoms with Crippen LogP contribution < -0.4 is 9.47 Å². The van der Waals surface area contributed by atoms with Gasteiger partial charge in [-0.05, 0) is 101 Å². The first-order valence-electron chi connectivity index (χ1n) is 13.4. The first-order valence-corrected chi connectivity index (χ1v) is 13.4. The van der Waals surface area contributed by atoms with E-state index in [0.717, 1.165) is 70.1 Å². The molecule has 0 saturated heterocycles. The molecule has 0 amide bonds. The topological polar surface area (TPSA) is 61.8 Å². The molecule has 34 heavy (non-hydrogen) atoms. The molecule has 2 aliphatic rings. The van der Waals surface area contributed by atoms with Crippen molar-refractivity contribution in [1.82, 2.24) is 0 Å². The number of unbranched alkanes of at least 4 members (excludes halogenated alkanes) is 3. The van der Waals surface area contributed by atoms with Gasteiger partial charge in [0.05, 0.1) is 12.5 Å². The summed E-state index contributed by atoms with van der Waals surface area (Å²) in [5.74, 6) is 2.43. The Balaban J connectivity index is 1.34. The molecule has 2 saturated carbocycles. The number of benzene rings is 1. The van der Waals surface area contributed by atoms with Gasteiger partial charge in [0, 0.05) is 6.08 Å². The van der Waals surface area contributed by atoms with Gasteiger partial charge in [0.2, 0.25) is 0 Å². The van der Waals surface area contributed by atoms with E-state index in [0.29, 0.717) is 17.6 Å². The Hall–Kier alpha value is -2.30. The monoisotopic (exact) mass is 470 g/mol. The van der Waals surface area contributed by atoms with Gasteiger partial charge in [0.15, 0.2) is 0 Å². The predicted molar refractivity (Wildman–Crippen MR) is 134 cm³/mol. The average Bonchev–Trinajstić information content (AvgIpc) is 2.85. The summed E-state index contributed by atoms with van der Waals surface area (Å²) >= 11 is 0. The van der Waals surface area contributed by atoms with E-state index in [1.165, 1.54) is 25.3 Å². The van der Waals surface area contributed by atoms with Crippen molar-refractivity contribution in [2.24, 2.45) is 17.8 Å². The summed E-state index contributed by atoms with van der Waals surface area (Å²) in [7, 11) is 0. The quantitative estimate of drug-likeness (QED) is 0.150. The lowest BCUT2D eigenvalue weighted by atomic mass is 9.70. The van der Waals surface area contributed by atoms with E-state index in [-0.39, 0.29) is 24.0 Å². The fourth-order valence-corrected chi connectivity index (χ4v) is 5.37. The summed E-state index contributed by atoms with van der Waals surface area (Å²) in [6, 6.07) is 7.41. The Morgan fingerprint density at radius 2 is 1.47 bits per heavy atom. The summed E-state index contributed by atoms with van der Waals surface area (Å²) in [5.41, 5.74) is 0. The summed E-state index contributed by atoms with van der Waals surface area (Å²) < 4.78 is 17.0. The highest BCUT2D eigenvalue weighted by Gasteiger charge is 2.34. The molecule has 0 spiro atoms. The molecular formula is C29H42O5. The lowest BCUT2D eigenvalue weighted by Gasteiger charge is -2.37. The largest absolute Gasteiger partial charge is 0.494 e. The lowest BCUT2D eigenvalue weighted by molar-refractivity contribution is -0.145. The molecule has 2 fully saturated rings. The van der Waals surface area contributed by atoms with Crippen molar-refractivity contribution in [2.45, 2.75) is 97.0 Å². The molecule has 0 aliphatic heterocycles. The second-order valence-corrected chi connectivity index (χ2v) is 9.89. The van der Waals surface area contributed by atoms with Crippen LogP contribution in [0.1, 0.15) is 90.9 Å². The molecule has 0 N–H and O–H groups in total. The molecule has 188 valence electrons. The van der Waals surface area contributed by atoms with E-state index >= 15 is 0 Å². The number of carbonyl (C=O) groups excluding carboxylic acids is 2. The number of rotatable bonds is 11. The van der Waals surface area contributed by atoms with Crippen LogP contribution in [0.15, 0.2) is 36.4 Å². The van der Waals surface area contributed by atoms with Crippen LogP contribution >= 0.6 is 0 Å². The molecule has 0 radical (unpaired) electrons. The van der Waals surface area contributed by atoms with Gasteiger partial charge < -0.3 is 14.2 Å². The number of hydrogen-bond acceptors (Lipinski definition) is 5. The SMILES string of the molecule is C/C=C/C(=O)OC1CCC(C2CCC(C(=O)Oc3ccc(OCCCCCC)cc3)CC2)CC1. The van der Waals surface area contributed by atoms with E-state index in [1.54, 1.807) is 6.08 Å². The van der Waals surface area contributed by atoms with Gasteiger partial charge in [0.1, 0.15) is 17.6 Å². The molecule has 1 aromatic rings. The Labute approximate surface area is 205 Å². The first kappa shape index (κ1) is 26.3. The molecule has 0 unspecified atom stereocenters. The van der Waals surface area contributed by atoms with Crippen LogP contribution in [0.3, 0.4) is 0 Å². The summed E-state index contributed by atoms with van der Waals surface area (Å²) in [6.07, 6.45) is 16.1. The van der Waals surface area contributed by atoms with Crippen molar-refractivity contribution in [3.63, 3.8) is 0 Å². The van der Waals surface area contributed by atoms with Gasteiger partial charge in [0.25, 0.3) is 0 Å². The molecule has 0 atom stereocenters. The van der Waals surface area contributed by atoms with Crippen molar-refractivity contribution < 1.29 is 23.8 Å². The molecule has 5 nitrogen and oxygen atoms in total. The number of ether oxygens (including phenoxy) is 3. The second kappa shape index (κ2) is 14.2. The highest BCUT2D eigenvalue weighted by atomic mass is 16.5. The van der Waals surface area contributed by atoms with Crippen LogP contribution in [-0.4, -0.2) is 24.6 Å². The second-order valence-electron chi connectivity index (χ2n) is 9.89. The zero-order chi connectivity index (χ0) is 24.2. The maximum absolute atomic E-state index is 12.7. The minimum absolute atomic E-state index is 0.0103. The van der Waals surface area contributed by atoms with Crippen LogP contribution in [0.25, 0.3) is 0 Å². The van der Waals surface area contributed by atoms with E-state index < -0.39 is 0 Å². The van der Waals surface area contributed by atoms with Gasteiger partial charge in [-0.3, -0.25) is 4.79 Å². The maximum atomic E-state index is 12.7. The van der Waals surface area contributed by atoms with Crippen molar-refractivity contribution in [3.8, 4) is 11.5 Å². The van der Waals surface area contributed by atoms with Crippen molar-refractivity contribution in [2.75, 3.05) is 6.61 Å². The third kappa shape index (κ3) is 8.48. The van der Waals surface area contributed by atoms with E-state index in [1.807, 2.05) is 31.2 Å². The standard InChI is InChI=1S/C29H42O5/c1-3-5-6-7-21-32-25-17-19-27(20-18-25)34-29(31)24-11-9-22(10-12-24)23-13-15-26(16-14-23)33-28(30)8-4-2/h4,8,17-20,22-24,26H,3,5-7,9-16,21H2,1-2H3/b8-4+. The fraction of sp³-hybridized carbons (Fsp3) is 0.655. The third-order valence-corrected chi connectivity index (χ3v) is 7.39. The average molecular weight is 471 g/mol. The third-order valence-electron chi connectivity index (χ3n) is 7.39. The summed E-state index contributed by atoms with van der Waals surface area (Å²) in [5, 5.41) is 0. The minimum atomic E-state index is -0.227. The van der Waals surface area contributed by atoms with Gasteiger partial charge >= 0.3 is 11.9 Å². The summed E-state index contributed by atoms with van der Waals surface area (Å²) in [4.78, 5) is 24.4. The maximum Gasteiger partial charge on any atom is 0.330 e. The zero-order valence-corrected chi connectivity index (χ0v) is 21.0. The van der Waals surface area contributed by atoms with E-state index in [4.69, 9.17) is 14.2 Å². The van der Waals surface area contributed by atoms with Crippen LogP contribution in [0, 0.1) is 17.8 Å². The molecule has 3 rings (SSSR count). The van der Waals surface area contributed by atoms with Crippen LogP contribution in [0.4, 0.5) is 0 Å². The smallest absolute Gasteiger partial charge is 0.330 e. The van der Waals surface area contributed by atoms with Gasteiger partial charge in [-0.1, -0.05) is 32.3 Å². The van der Waals surface area contributed by atoms with E-state index in [9.17, 15) is 9.59 Å². The number of hydrogen-bond donors (Lipinski definition) is 0. The normalized spacial score (nSPS) is 25.1. The highest BCUT2D eigenvalue weighted by Crippen LogP contribution is 2.41. The molecule has 0 aromatic heterocycles. The van der Waals surface area contributed by atoms with Gasteiger partial charge in [-0.15, -0.1) is 0 Å². The van der Waals surface area contributed by atoms with Crippen molar-refractivity contribution in [1.29, 1.82) is 0 Å². The number of allylic oxidation sites excluding steroid dienone is 1. The Bertz CT molecular complexity index is 768. The van der Waals surface area contributed by atoms with Crippen LogP contribution in [-0.2, 0) is 14.3 Å². The molecular weight excluding hydrogens is 428 g/mol. The highest BCUT2D eigenvalue weighted by molar-refractivity contribution is 5.81. The zero-order valence-electron chi connectivity index (χ0n) is 21.0. The van der Waals surface area contributed by atoms with E-state index in [2.05, 4.69) is 6.92 Å². The van der Waals surface area contributed by atoms with Crippen LogP contribution in [0.5, 0.6) is 11.5 Å². The lowest BCUT2D eigenvalue weighted by Crippen LogP contribution is -2.31. The fourth-order valence-electron chi connectivity index (χ4n) is 5.37. The first-order chi connectivity index (χ1) is 16.6. The Morgan fingerprint density at radius 1 is 0.853 bits per heavy atom. The van der Waals surface area contributed by atoms with Gasteiger partial charge in [-0.25, -0.2) is 4.79 Å². The Morgan fingerprint density at radius 3 is 2.09 bits per heavy atom. The predicted octanol–water partition coefficient (Wildman–Crippen LogP) is 7.04.